The number of methoxy groups -OCH3 is 1. The second kappa shape index (κ2) is 8.77. The molecule has 0 aliphatic carbocycles. The van der Waals surface area contributed by atoms with E-state index in [0.717, 1.165) is 33.3 Å². The molecule has 3 heterocycles. The molecule has 0 N–H and O–H groups in total. The van der Waals surface area contributed by atoms with Gasteiger partial charge in [-0.25, -0.2) is 0 Å². The lowest BCUT2D eigenvalue weighted by molar-refractivity contribution is -0.0248. The van der Waals surface area contributed by atoms with Gasteiger partial charge in [0, 0.05) is 29.9 Å². The highest BCUT2D eigenvalue weighted by Gasteiger charge is 2.28. The van der Waals surface area contributed by atoms with Gasteiger partial charge in [0.15, 0.2) is 0 Å². The Kier molecular flexibility index (Phi) is 5.52. The summed E-state index contributed by atoms with van der Waals surface area (Å²) in [6.45, 7) is 1.43. The molecule has 2 aromatic heterocycles. The molecular formula is C26H23N3O3. The molecule has 0 bridgehead atoms. The summed E-state index contributed by atoms with van der Waals surface area (Å²) < 4.78 is 11.3. The number of fused-ring (bicyclic) bond motifs is 1. The van der Waals surface area contributed by atoms with Crippen molar-refractivity contribution in [2.24, 2.45) is 0 Å². The third kappa shape index (κ3) is 3.92. The van der Waals surface area contributed by atoms with Crippen LogP contribution in [0.5, 0.6) is 5.75 Å². The summed E-state index contributed by atoms with van der Waals surface area (Å²) in [5, 5.41) is 1.87. The molecule has 1 saturated heterocycles. The normalized spacial score (nSPS) is 16.2. The first-order valence-corrected chi connectivity index (χ1v) is 10.6. The maximum absolute atomic E-state index is 13.3. The number of pyridine rings is 2. The Morgan fingerprint density at radius 3 is 2.78 bits per heavy atom. The molecule has 32 heavy (non-hydrogen) atoms. The van der Waals surface area contributed by atoms with Gasteiger partial charge in [0.2, 0.25) is 0 Å². The van der Waals surface area contributed by atoms with E-state index in [0.29, 0.717) is 25.4 Å². The maximum atomic E-state index is 13.3. The van der Waals surface area contributed by atoms with Crippen molar-refractivity contribution >= 4 is 16.7 Å². The van der Waals surface area contributed by atoms with E-state index in [-0.39, 0.29) is 12.0 Å². The van der Waals surface area contributed by atoms with Crippen molar-refractivity contribution in [2.75, 3.05) is 26.8 Å². The van der Waals surface area contributed by atoms with Crippen LogP contribution in [-0.4, -0.2) is 47.6 Å². The van der Waals surface area contributed by atoms with Crippen LogP contribution in [0.4, 0.5) is 0 Å². The zero-order valence-corrected chi connectivity index (χ0v) is 17.8. The highest BCUT2D eigenvalue weighted by molar-refractivity contribution is 6.05. The lowest BCUT2D eigenvalue weighted by Crippen LogP contribution is -2.42. The van der Waals surface area contributed by atoms with E-state index in [4.69, 9.17) is 9.47 Å². The van der Waals surface area contributed by atoms with Gasteiger partial charge in [0.05, 0.1) is 26.0 Å². The third-order valence-corrected chi connectivity index (χ3v) is 5.75. The number of benzene rings is 2. The van der Waals surface area contributed by atoms with Crippen molar-refractivity contribution in [1.29, 1.82) is 0 Å². The predicted octanol–water partition coefficient (Wildman–Crippen LogP) is 4.52. The summed E-state index contributed by atoms with van der Waals surface area (Å²) in [5.41, 5.74) is 3.31. The van der Waals surface area contributed by atoms with Crippen molar-refractivity contribution < 1.29 is 14.3 Å². The van der Waals surface area contributed by atoms with Gasteiger partial charge in [-0.3, -0.25) is 14.8 Å². The van der Waals surface area contributed by atoms with E-state index >= 15 is 0 Å². The molecule has 4 aromatic rings. The average Bonchev–Trinajstić information content (AvgIpc) is 2.88. The summed E-state index contributed by atoms with van der Waals surface area (Å²) in [4.78, 5) is 24.1. The molecule has 2 aromatic carbocycles. The fourth-order valence-electron chi connectivity index (χ4n) is 4.02. The lowest BCUT2D eigenvalue weighted by atomic mass is 10.1. The third-order valence-electron chi connectivity index (χ3n) is 5.75. The zero-order valence-electron chi connectivity index (χ0n) is 17.8. The van der Waals surface area contributed by atoms with E-state index in [2.05, 4.69) is 9.97 Å². The van der Waals surface area contributed by atoms with Crippen molar-refractivity contribution in [2.45, 2.75) is 6.10 Å². The van der Waals surface area contributed by atoms with Crippen LogP contribution in [0, 0.1) is 0 Å². The number of morpholine rings is 1. The van der Waals surface area contributed by atoms with Gasteiger partial charge < -0.3 is 14.4 Å². The number of carbonyl (C=O) groups is 1. The predicted molar refractivity (Wildman–Crippen MR) is 123 cm³/mol. The highest BCUT2D eigenvalue weighted by Crippen LogP contribution is 2.27. The second-order valence-electron chi connectivity index (χ2n) is 7.69. The Balaban J connectivity index is 1.35. The zero-order chi connectivity index (χ0) is 21.9. The summed E-state index contributed by atoms with van der Waals surface area (Å²) in [6, 6.07) is 21.6. The van der Waals surface area contributed by atoms with E-state index in [1.54, 1.807) is 18.2 Å². The summed E-state index contributed by atoms with van der Waals surface area (Å²) >= 11 is 0. The van der Waals surface area contributed by atoms with Crippen molar-refractivity contribution in [1.82, 2.24) is 14.9 Å². The maximum Gasteiger partial charge on any atom is 0.273 e. The van der Waals surface area contributed by atoms with Crippen LogP contribution >= 0.6 is 0 Å². The SMILES string of the molecule is COc1cccc(-c2ccc(C3CN(C(=O)c4nccc5ccccc45)CCO3)nc2)c1. The Hall–Kier alpha value is -3.77. The first kappa shape index (κ1) is 20.2. The minimum Gasteiger partial charge on any atom is -0.497 e. The summed E-state index contributed by atoms with van der Waals surface area (Å²) in [5.74, 6) is 0.724. The molecular weight excluding hydrogens is 402 g/mol. The number of rotatable bonds is 4. The van der Waals surface area contributed by atoms with Crippen LogP contribution in [0.25, 0.3) is 21.9 Å². The standard InChI is InChI=1S/C26H23N3O3/c1-31-21-7-4-6-19(15-21)20-9-10-23(28-16-20)24-17-29(13-14-32-24)26(30)25-22-8-3-2-5-18(22)11-12-27-25/h2-12,15-16,24H,13-14,17H2,1H3. The van der Waals surface area contributed by atoms with Crippen molar-refractivity contribution in [3.05, 3.63) is 90.5 Å². The van der Waals surface area contributed by atoms with Gasteiger partial charge in [0.1, 0.15) is 17.5 Å². The number of amides is 1. The summed E-state index contributed by atoms with van der Waals surface area (Å²) in [6.07, 6.45) is 3.24. The molecule has 0 saturated carbocycles. The smallest absolute Gasteiger partial charge is 0.273 e. The minimum absolute atomic E-state index is 0.0805. The lowest BCUT2D eigenvalue weighted by Gasteiger charge is -2.32. The Morgan fingerprint density at radius 1 is 1.03 bits per heavy atom. The number of aromatic nitrogens is 2. The van der Waals surface area contributed by atoms with Crippen LogP contribution in [0.15, 0.2) is 79.1 Å². The van der Waals surface area contributed by atoms with Gasteiger partial charge in [-0.2, -0.15) is 0 Å². The molecule has 1 atom stereocenters. The molecule has 0 radical (unpaired) electrons. The van der Waals surface area contributed by atoms with Gasteiger partial charge in [-0.15, -0.1) is 0 Å². The Bertz CT molecular complexity index is 1250. The van der Waals surface area contributed by atoms with Crippen LogP contribution in [0.2, 0.25) is 0 Å². The second-order valence-corrected chi connectivity index (χ2v) is 7.69. The number of carbonyl (C=O) groups excluding carboxylic acids is 1. The molecule has 1 aliphatic heterocycles. The first-order chi connectivity index (χ1) is 15.7. The number of nitrogens with zero attached hydrogens (tertiary/aromatic N) is 3. The van der Waals surface area contributed by atoms with Gasteiger partial charge >= 0.3 is 0 Å². The first-order valence-electron chi connectivity index (χ1n) is 10.6. The van der Waals surface area contributed by atoms with Crippen LogP contribution in [0.3, 0.4) is 0 Å². The molecule has 1 unspecified atom stereocenters. The quantitative estimate of drug-likeness (QED) is 0.481. The van der Waals surface area contributed by atoms with Crippen molar-refractivity contribution in [3.63, 3.8) is 0 Å². The topological polar surface area (TPSA) is 64.5 Å². The van der Waals surface area contributed by atoms with Crippen LogP contribution in [0.1, 0.15) is 22.3 Å². The van der Waals surface area contributed by atoms with E-state index in [9.17, 15) is 4.79 Å². The number of hydrogen-bond acceptors (Lipinski definition) is 5. The Morgan fingerprint density at radius 2 is 1.94 bits per heavy atom. The molecule has 1 amide bonds. The molecule has 160 valence electrons. The molecule has 5 rings (SSSR count). The van der Waals surface area contributed by atoms with Gasteiger partial charge in [-0.1, -0.05) is 42.5 Å². The van der Waals surface area contributed by atoms with Gasteiger partial charge in [-0.05, 0) is 35.2 Å². The van der Waals surface area contributed by atoms with Gasteiger partial charge in [0.25, 0.3) is 5.91 Å². The van der Waals surface area contributed by atoms with Crippen LogP contribution in [-0.2, 0) is 4.74 Å². The minimum atomic E-state index is -0.276. The van der Waals surface area contributed by atoms with Crippen LogP contribution < -0.4 is 4.74 Å². The van der Waals surface area contributed by atoms with E-state index < -0.39 is 0 Å². The molecule has 1 fully saturated rings. The van der Waals surface area contributed by atoms with E-state index in [1.165, 1.54) is 0 Å². The fourth-order valence-corrected chi connectivity index (χ4v) is 4.02. The van der Waals surface area contributed by atoms with Crippen molar-refractivity contribution in [3.8, 4) is 16.9 Å². The highest BCUT2D eigenvalue weighted by atomic mass is 16.5. The summed E-state index contributed by atoms with van der Waals surface area (Å²) in [7, 11) is 1.65. The molecule has 6 heteroatoms. The number of hydrogen-bond donors (Lipinski definition) is 0. The molecule has 1 aliphatic rings. The Labute approximate surface area is 186 Å². The molecule has 0 spiro atoms. The fraction of sp³-hybridized carbons (Fsp3) is 0.192. The number of ether oxygens (including phenoxy) is 2. The monoisotopic (exact) mass is 425 g/mol. The largest absolute Gasteiger partial charge is 0.497 e. The average molecular weight is 425 g/mol. The molecule has 6 nitrogen and oxygen atoms in total. The van der Waals surface area contributed by atoms with E-state index in [1.807, 2.05) is 72.9 Å².